The van der Waals surface area contributed by atoms with E-state index in [1.807, 2.05) is 36.4 Å². The molecular formula is C24H19BrN2O3S. The molecule has 156 valence electrons. The molecule has 2 atom stereocenters. The van der Waals surface area contributed by atoms with Crippen LogP contribution in [-0.4, -0.2) is 12.6 Å². The molecule has 0 saturated carbocycles. The average Bonchev–Trinajstić information content (AvgIpc) is 3.42. The summed E-state index contributed by atoms with van der Waals surface area (Å²) in [5.41, 5.74) is 4.68. The molecule has 0 saturated heterocycles. The Morgan fingerprint density at radius 3 is 2.61 bits per heavy atom. The Labute approximate surface area is 192 Å². The van der Waals surface area contributed by atoms with E-state index in [2.05, 4.69) is 44.1 Å². The summed E-state index contributed by atoms with van der Waals surface area (Å²) in [4.78, 5) is 14.8. The third-order valence-corrected chi connectivity index (χ3v) is 7.78. The fraction of sp³-hybridized carbons (Fsp3) is 0.208. The van der Waals surface area contributed by atoms with E-state index in [1.165, 1.54) is 4.88 Å². The van der Waals surface area contributed by atoms with Crippen LogP contribution in [0.2, 0.25) is 0 Å². The number of carbonyl (C=O) groups excluding carboxylic acids is 1. The van der Waals surface area contributed by atoms with Crippen molar-refractivity contribution in [2.45, 2.75) is 24.8 Å². The second kappa shape index (κ2) is 7.43. The zero-order valence-electron chi connectivity index (χ0n) is 16.5. The van der Waals surface area contributed by atoms with Gasteiger partial charge >= 0.3 is 0 Å². The highest BCUT2D eigenvalue weighted by atomic mass is 79.9. The van der Waals surface area contributed by atoms with Gasteiger partial charge in [-0.2, -0.15) is 0 Å². The van der Waals surface area contributed by atoms with Gasteiger partial charge in [-0.1, -0.05) is 34.1 Å². The standard InChI is InChI=1S/C24H19BrN2O3S/c25-15-11-21-20(29-12-30-21)10-14(15)24-23-18(26-16-4-1-2-5-17(16)27-24)8-13(9-19(23)28)22-6-3-7-31-22/h1-7,10-11,13,24,26-27H,8-9,12H2. The van der Waals surface area contributed by atoms with Gasteiger partial charge < -0.3 is 20.1 Å². The number of ether oxygens (including phenoxy) is 2. The lowest BCUT2D eigenvalue weighted by atomic mass is 9.80. The number of halogens is 1. The van der Waals surface area contributed by atoms with Crippen LogP contribution in [0.4, 0.5) is 11.4 Å². The molecule has 1 aromatic heterocycles. The Bertz CT molecular complexity index is 1220. The molecule has 7 heteroatoms. The molecule has 2 aliphatic heterocycles. The van der Waals surface area contributed by atoms with Gasteiger partial charge in [-0.05, 0) is 47.7 Å². The van der Waals surface area contributed by atoms with Crippen LogP contribution < -0.4 is 20.1 Å². The normalized spacial score (nSPS) is 21.6. The summed E-state index contributed by atoms with van der Waals surface area (Å²) in [6, 6.07) is 15.9. The predicted octanol–water partition coefficient (Wildman–Crippen LogP) is 6.22. The number of rotatable bonds is 2. The van der Waals surface area contributed by atoms with Gasteiger partial charge in [0.15, 0.2) is 17.3 Å². The quantitative estimate of drug-likeness (QED) is 0.442. The fourth-order valence-corrected chi connectivity index (χ4v) is 5.99. The van der Waals surface area contributed by atoms with Crippen LogP contribution >= 0.6 is 27.3 Å². The lowest BCUT2D eigenvalue weighted by Gasteiger charge is -2.29. The highest BCUT2D eigenvalue weighted by molar-refractivity contribution is 9.10. The minimum Gasteiger partial charge on any atom is -0.454 e. The molecule has 0 fully saturated rings. The van der Waals surface area contributed by atoms with Gasteiger partial charge in [0.1, 0.15) is 0 Å². The summed E-state index contributed by atoms with van der Waals surface area (Å²) < 4.78 is 12.0. The minimum absolute atomic E-state index is 0.169. The monoisotopic (exact) mass is 494 g/mol. The van der Waals surface area contributed by atoms with Crippen molar-refractivity contribution in [1.29, 1.82) is 0 Å². The number of hydrogen-bond acceptors (Lipinski definition) is 6. The SMILES string of the molecule is O=C1CC(c2cccs2)CC2=C1C(c1cc3c(cc1Br)OCO3)Nc1ccccc1N2. The van der Waals surface area contributed by atoms with E-state index >= 15 is 0 Å². The topological polar surface area (TPSA) is 59.6 Å². The molecule has 0 amide bonds. The second-order valence-corrected chi connectivity index (χ2v) is 9.74. The second-order valence-electron chi connectivity index (χ2n) is 7.91. The Hall–Kier alpha value is -2.77. The van der Waals surface area contributed by atoms with Gasteiger partial charge in [0, 0.05) is 33.0 Å². The van der Waals surface area contributed by atoms with Gasteiger partial charge in [0.05, 0.1) is 17.4 Å². The third kappa shape index (κ3) is 3.23. The lowest BCUT2D eigenvalue weighted by Crippen LogP contribution is -2.26. The van der Waals surface area contributed by atoms with E-state index in [-0.39, 0.29) is 24.5 Å². The largest absolute Gasteiger partial charge is 0.454 e. The number of carbonyl (C=O) groups is 1. The number of thiophene rings is 1. The molecule has 3 heterocycles. The van der Waals surface area contributed by atoms with Crippen molar-refractivity contribution in [3.63, 3.8) is 0 Å². The number of nitrogens with one attached hydrogen (secondary N) is 2. The van der Waals surface area contributed by atoms with Crippen LogP contribution in [-0.2, 0) is 4.79 Å². The molecule has 5 nitrogen and oxygen atoms in total. The van der Waals surface area contributed by atoms with Crippen LogP contribution in [0.25, 0.3) is 0 Å². The third-order valence-electron chi connectivity index (χ3n) is 6.06. The maximum absolute atomic E-state index is 13.6. The van der Waals surface area contributed by atoms with Crippen molar-refractivity contribution < 1.29 is 14.3 Å². The molecule has 2 aromatic carbocycles. The number of ketones is 1. The highest BCUT2D eigenvalue weighted by Crippen LogP contribution is 2.48. The summed E-state index contributed by atoms with van der Waals surface area (Å²) in [5.74, 6) is 1.78. The number of hydrogen-bond donors (Lipinski definition) is 2. The van der Waals surface area contributed by atoms with E-state index in [9.17, 15) is 4.79 Å². The van der Waals surface area contributed by atoms with E-state index in [4.69, 9.17) is 9.47 Å². The Morgan fingerprint density at radius 1 is 1.00 bits per heavy atom. The first-order valence-electron chi connectivity index (χ1n) is 10.2. The zero-order chi connectivity index (χ0) is 20.9. The molecule has 2 unspecified atom stereocenters. The summed E-state index contributed by atoms with van der Waals surface area (Å²) >= 11 is 5.42. The molecule has 0 spiro atoms. The number of anilines is 2. The maximum atomic E-state index is 13.6. The Morgan fingerprint density at radius 2 is 1.81 bits per heavy atom. The number of benzene rings is 2. The van der Waals surface area contributed by atoms with E-state index in [0.717, 1.165) is 39.1 Å². The molecule has 1 aliphatic carbocycles. The minimum atomic E-state index is -0.299. The Kier molecular flexibility index (Phi) is 4.54. The van der Waals surface area contributed by atoms with Crippen molar-refractivity contribution in [3.8, 4) is 11.5 Å². The van der Waals surface area contributed by atoms with Gasteiger partial charge in [-0.25, -0.2) is 0 Å². The molecule has 2 N–H and O–H groups in total. The van der Waals surface area contributed by atoms with Crippen molar-refractivity contribution in [1.82, 2.24) is 0 Å². The highest BCUT2D eigenvalue weighted by Gasteiger charge is 2.37. The summed E-state index contributed by atoms with van der Waals surface area (Å²) in [5, 5.41) is 9.28. The van der Waals surface area contributed by atoms with Crippen molar-refractivity contribution in [3.05, 3.63) is 80.1 Å². The molecular weight excluding hydrogens is 476 g/mol. The van der Waals surface area contributed by atoms with E-state index < -0.39 is 0 Å². The summed E-state index contributed by atoms with van der Waals surface area (Å²) in [7, 11) is 0. The molecule has 6 rings (SSSR count). The smallest absolute Gasteiger partial charge is 0.231 e. The van der Waals surface area contributed by atoms with Crippen LogP contribution in [0.3, 0.4) is 0 Å². The van der Waals surface area contributed by atoms with E-state index in [0.29, 0.717) is 17.9 Å². The molecule has 3 aromatic rings. The molecule has 0 radical (unpaired) electrons. The number of allylic oxidation sites excluding steroid dienone is 1. The van der Waals surface area contributed by atoms with Crippen LogP contribution in [0, 0.1) is 0 Å². The number of fused-ring (bicyclic) bond motifs is 2. The lowest BCUT2D eigenvalue weighted by molar-refractivity contribution is -0.116. The van der Waals surface area contributed by atoms with Gasteiger partial charge in [-0.15, -0.1) is 11.3 Å². The summed E-state index contributed by atoms with van der Waals surface area (Å²) in [6.45, 7) is 0.211. The molecule has 0 bridgehead atoms. The van der Waals surface area contributed by atoms with Crippen LogP contribution in [0.1, 0.15) is 35.2 Å². The van der Waals surface area contributed by atoms with E-state index in [1.54, 1.807) is 11.3 Å². The van der Waals surface area contributed by atoms with Gasteiger partial charge in [0.25, 0.3) is 0 Å². The van der Waals surface area contributed by atoms with Gasteiger partial charge in [0.2, 0.25) is 6.79 Å². The first kappa shape index (κ1) is 19.0. The van der Waals surface area contributed by atoms with Crippen molar-refractivity contribution in [2.24, 2.45) is 0 Å². The van der Waals surface area contributed by atoms with Crippen molar-refractivity contribution >= 4 is 44.4 Å². The first-order chi connectivity index (χ1) is 15.2. The van der Waals surface area contributed by atoms with Gasteiger partial charge in [-0.3, -0.25) is 4.79 Å². The summed E-state index contributed by atoms with van der Waals surface area (Å²) in [6.07, 6.45) is 1.31. The fourth-order valence-electron chi connectivity index (χ4n) is 4.60. The Balaban J connectivity index is 1.50. The van der Waals surface area contributed by atoms with Crippen LogP contribution in [0.5, 0.6) is 11.5 Å². The first-order valence-corrected chi connectivity index (χ1v) is 11.9. The zero-order valence-corrected chi connectivity index (χ0v) is 18.9. The molecule has 3 aliphatic rings. The van der Waals surface area contributed by atoms with Crippen molar-refractivity contribution in [2.75, 3.05) is 17.4 Å². The average molecular weight is 495 g/mol. The van der Waals surface area contributed by atoms with Crippen LogP contribution in [0.15, 0.2) is 69.7 Å². The molecule has 31 heavy (non-hydrogen) atoms. The predicted molar refractivity (Wildman–Crippen MR) is 125 cm³/mol. The maximum Gasteiger partial charge on any atom is 0.231 e. The number of para-hydroxylation sites is 2. The number of Topliss-reactive ketones (excluding diaryl/α,β-unsaturated/α-hetero) is 1.